The minimum Gasteiger partial charge on any atom is -0.350 e. The molecular formula is C23H23N3O. The zero-order chi connectivity index (χ0) is 19.4. The van der Waals surface area contributed by atoms with E-state index in [1.165, 1.54) is 0 Å². The molecule has 0 spiro atoms. The van der Waals surface area contributed by atoms with Crippen LogP contribution in [-0.2, 0) is 10.2 Å². The van der Waals surface area contributed by atoms with E-state index in [1.54, 1.807) is 12.3 Å². The van der Waals surface area contributed by atoms with E-state index in [-0.39, 0.29) is 11.3 Å². The Labute approximate surface area is 160 Å². The maximum absolute atomic E-state index is 12.5. The summed E-state index contributed by atoms with van der Waals surface area (Å²) in [5, 5.41) is 6.00. The summed E-state index contributed by atoms with van der Waals surface area (Å²) in [6.45, 7) is 12.1. The van der Waals surface area contributed by atoms with Crippen molar-refractivity contribution in [1.29, 1.82) is 0 Å². The van der Waals surface area contributed by atoms with Gasteiger partial charge in [0.1, 0.15) is 5.70 Å². The van der Waals surface area contributed by atoms with E-state index in [2.05, 4.69) is 42.6 Å². The van der Waals surface area contributed by atoms with E-state index in [9.17, 15) is 4.79 Å². The highest BCUT2D eigenvalue weighted by atomic mass is 16.2. The molecular weight excluding hydrogens is 334 g/mol. The van der Waals surface area contributed by atoms with Crippen LogP contribution in [0.5, 0.6) is 0 Å². The van der Waals surface area contributed by atoms with Gasteiger partial charge in [-0.1, -0.05) is 62.9 Å². The molecule has 2 aromatic rings. The number of allylic oxidation sites excluding steroid dienone is 1. The van der Waals surface area contributed by atoms with Crippen LogP contribution in [0.4, 0.5) is 0 Å². The number of nitrogens with zero attached hydrogens (tertiary/aromatic N) is 1. The van der Waals surface area contributed by atoms with Gasteiger partial charge in [0, 0.05) is 11.6 Å². The molecule has 0 unspecified atom stereocenters. The number of hydrogen-bond acceptors (Lipinski definition) is 3. The van der Waals surface area contributed by atoms with Crippen molar-refractivity contribution in [3.05, 3.63) is 102 Å². The van der Waals surface area contributed by atoms with Crippen LogP contribution in [0.15, 0.2) is 85.0 Å². The molecule has 2 N–H and O–H groups in total. The quantitative estimate of drug-likeness (QED) is 0.638. The highest BCUT2D eigenvalue weighted by Crippen LogP contribution is 2.28. The van der Waals surface area contributed by atoms with Gasteiger partial charge in [0.2, 0.25) is 0 Å². The minimum absolute atomic E-state index is 0.210. The third-order valence-electron chi connectivity index (χ3n) is 4.54. The van der Waals surface area contributed by atoms with Gasteiger partial charge in [0.05, 0.1) is 17.1 Å². The average Bonchev–Trinajstić information content (AvgIpc) is 2.67. The Morgan fingerprint density at radius 3 is 2.44 bits per heavy atom. The normalized spacial score (nSPS) is 17.6. The zero-order valence-corrected chi connectivity index (χ0v) is 15.6. The number of piperazine rings is 1. The van der Waals surface area contributed by atoms with Gasteiger partial charge in [-0.25, -0.2) is 0 Å². The maximum atomic E-state index is 12.5. The maximum Gasteiger partial charge on any atom is 0.272 e. The first-order valence-electron chi connectivity index (χ1n) is 8.76. The smallest absolute Gasteiger partial charge is 0.272 e. The highest BCUT2D eigenvalue weighted by Gasteiger charge is 2.23. The second-order valence-corrected chi connectivity index (χ2v) is 6.95. The standard InChI is InChI=1S/C23H23N3O/c1-5-23(3,4)18-12-9-13-24-20(18)15-19-16(2)25-21(22(27)26-19)14-17-10-7-6-8-11-17/h5-15,25H,1-2H2,3-4H3,(H,26,27)/b19-15-,21-14-. The first-order valence-corrected chi connectivity index (χ1v) is 8.76. The lowest BCUT2D eigenvalue weighted by molar-refractivity contribution is -0.117. The average molecular weight is 357 g/mol. The van der Waals surface area contributed by atoms with Crippen molar-refractivity contribution < 1.29 is 4.79 Å². The van der Waals surface area contributed by atoms with Crippen LogP contribution in [0.25, 0.3) is 12.2 Å². The minimum atomic E-state index is -0.244. The van der Waals surface area contributed by atoms with Gasteiger partial charge >= 0.3 is 0 Å². The Balaban J connectivity index is 1.91. The van der Waals surface area contributed by atoms with Gasteiger partial charge in [-0.15, -0.1) is 6.58 Å². The zero-order valence-electron chi connectivity index (χ0n) is 15.6. The number of aromatic nitrogens is 1. The van der Waals surface area contributed by atoms with Crippen LogP contribution < -0.4 is 10.6 Å². The first kappa shape index (κ1) is 18.4. The number of rotatable bonds is 4. The first-order chi connectivity index (χ1) is 12.9. The SMILES string of the molecule is C=CC(C)(C)c1cccnc1/C=C1\NC(=O)/C(=C/c2ccccc2)NC1=C. The molecule has 0 radical (unpaired) electrons. The van der Waals surface area contributed by atoms with E-state index in [1.807, 2.05) is 54.6 Å². The number of carbonyl (C=O) groups is 1. The van der Waals surface area contributed by atoms with E-state index < -0.39 is 0 Å². The highest BCUT2D eigenvalue weighted by molar-refractivity contribution is 6.01. The molecule has 1 fully saturated rings. The fourth-order valence-corrected chi connectivity index (χ4v) is 2.82. The van der Waals surface area contributed by atoms with Crippen LogP contribution >= 0.6 is 0 Å². The van der Waals surface area contributed by atoms with Crippen LogP contribution in [0.3, 0.4) is 0 Å². The molecule has 0 aliphatic carbocycles. The van der Waals surface area contributed by atoms with Crippen molar-refractivity contribution in [1.82, 2.24) is 15.6 Å². The van der Waals surface area contributed by atoms with Crippen molar-refractivity contribution in [3.63, 3.8) is 0 Å². The number of amides is 1. The summed E-state index contributed by atoms with van der Waals surface area (Å²) in [7, 11) is 0. The largest absolute Gasteiger partial charge is 0.350 e. The second kappa shape index (κ2) is 7.46. The van der Waals surface area contributed by atoms with Crippen molar-refractivity contribution in [2.75, 3.05) is 0 Å². The monoisotopic (exact) mass is 357 g/mol. The molecule has 1 saturated heterocycles. The summed E-state index contributed by atoms with van der Waals surface area (Å²) >= 11 is 0. The molecule has 136 valence electrons. The molecule has 2 heterocycles. The summed E-state index contributed by atoms with van der Waals surface area (Å²) in [6.07, 6.45) is 7.26. The number of benzene rings is 1. The molecule has 4 nitrogen and oxygen atoms in total. The van der Waals surface area contributed by atoms with E-state index >= 15 is 0 Å². The predicted octanol–water partition coefficient (Wildman–Crippen LogP) is 4.16. The van der Waals surface area contributed by atoms with Crippen LogP contribution in [0, 0.1) is 0 Å². The van der Waals surface area contributed by atoms with Crippen molar-refractivity contribution >= 4 is 18.1 Å². The summed E-state index contributed by atoms with van der Waals surface area (Å²) < 4.78 is 0. The van der Waals surface area contributed by atoms with Gasteiger partial charge in [-0.2, -0.15) is 0 Å². The van der Waals surface area contributed by atoms with Gasteiger partial charge in [0.15, 0.2) is 0 Å². The Kier molecular flexibility index (Phi) is 5.08. The van der Waals surface area contributed by atoms with Gasteiger partial charge in [0.25, 0.3) is 5.91 Å². The Morgan fingerprint density at radius 1 is 1.00 bits per heavy atom. The Bertz CT molecular complexity index is 953. The second-order valence-electron chi connectivity index (χ2n) is 6.95. The summed E-state index contributed by atoms with van der Waals surface area (Å²) in [5.41, 5.74) is 4.17. The molecule has 0 bridgehead atoms. The molecule has 1 aromatic carbocycles. The number of carbonyl (C=O) groups excluding carboxylic acids is 1. The van der Waals surface area contributed by atoms with E-state index in [4.69, 9.17) is 0 Å². The van der Waals surface area contributed by atoms with Crippen LogP contribution in [0.1, 0.15) is 30.7 Å². The summed E-state index contributed by atoms with van der Waals surface area (Å²) in [6, 6.07) is 13.6. The third-order valence-corrected chi connectivity index (χ3v) is 4.54. The van der Waals surface area contributed by atoms with Crippen LogP contribution in [-0.4, -0.2) is 10.9 Å². The lowest BCUT2D eigenvalue weighted by Gasteiger charge is -2.25. The lowest BCUT2D eigenvalue weighted by atomic mass is 9.83. The van der Waals surface area contributed by atoms with E-state index in [0.29, 0.717) is 17.1 Å². The fraction of sp³-hybridized carbons (Fsp3) is 0.130. The van der Waals surface area contributed by atoms with E-state index in [0.717, 1.165) is 16.8 Å². The molecule has 0 atom stereocenters. The van der Waals surface area contributed by atoms with Crippen molar-refractivity contribution in [3.8, 4) is 0 Å². The Morgan fingerprint density at radius 2 is 1.74 bits per heavy atom. The predicted molar refractivity (Wildman–Crippen MR) is 110 cm³/mol. The lowest BCUT2D eigenvalue weighted by Crippen LogP contribution is -2.39. The van der Waals surface area contributed by atoms with Crippen molar-refractivity contribution in [2.45, 2.75) is 19.3 Å². The molecule has 1 aromatic heterocycles. The molecule has 4 heteroatoms. The summed E-state index contributed by atoms with van der Waals surface area (Å²) in [5.74, 6) is -0.210. The van der Waals surface area contributed by atoms with Crippen molar-refractivity contribution in [2.24, 2.45) is 0 Å². The fourth-order valence-electron chi connectivity index (χ4n) is 2.82. The molecule has 3 rings (SSSR count). The molecule has 1 aliphatic heterocycles. The van der Waals surface area contributed by atoms with Gasteiger partial charge in [-0.05, 0) is 29.3 Å². The number of nitrogens with one attached hydrogen (secondary N) is 2. The Hall–Kier alpha value is -3.40. The molecule has 1 amide bonds. The van der Waals surface area contributed by atoms with Gasteiger partial charge in [-0.3, -0.25) is 9.78 Å². The topological polar surface area (TPSA) is 54.0 Å². The molecule has 1 aliphatic rings. The molecule has 0 saturated carbocycles. The number of pyridine rings is 1. The molecule has 27 heavy (non-hydrogen) atoms. The third kappa shape index (κ3) is 4.06. The van der Waals surface area contributed by atoms with Crippen LogP contribution in [0.2, 0.25) is 0 Å². The number of hydrogen-bond donors (Lipinski definition) is 2. The summed E-state index contributed by atoms with van der Waals surface area (Å²) in [4.78, 5) is 17.0. The van der Waals surface area contributed by atoms with Gasteiger partial charge < -0.3 is 10.6 Å².